The van der Waals surface area contributed by atoms with Crippen LogP contribution in [0.4, 0.5) is 11.4 Å². The molecular formula is C21H31N3O5. The molecule has 0 aliphatic rings. The zero-order valence-electron chi connectivity index (χ0n) is 17.2. The van der Waals surface area contributed by atoms with Crippen LogP contribution < -0.4 is 20.7 Å². The number of nitrogens with one attached hydrogen (secondary N) is 1. The fraction of sp³-hybridized carbons (Fsp3) is 0.381. The van der Waals surface area contributed by atoms with E-state index in [9.17, 15) is 4.79 Å². The summed E-state index contributed by atoms with van der Waals surface area (Å²) in [6.45, 7) is 3.02. The molecule has 8 nitrogen and oxygen atoms in total. The van der Waals surface area contributed by atoms with Crippen molar-refractivity contribution in [2.45, 2.75) is 13.2 Å². The van der Waals surface area contributed by atoms with Crippen LogP contribution in [-0.4, -0.2) is 57.1 Å². The second kappa shape index (κ2) is 13.5. The number of anilines is 2. The van der Waals surface area contributed by atoms with Gasteiger partial charge in [0.25, 0.3) is 0 Å². The summed E-state index contributed by atoms with van der Waals surface area (Å²) in [6, 6.07) is 13.0. The van der Waals surface area contributed by atoms with E-state index in [0.717, 1.165) is 22.6 Å². The predicted molar refractivity (Wildman–Crippen MR) is 114 cm³/mol. The summed E-state index contributed by atoms with van der Waals surface area (Å²) >= 11 is 0. The Morgan fingerprint density at radius 3 is 2.21 bits per heavy atom. The number of benzene rings is 2. The van der Waals surface area contributed by atoms with Crippen molar-refractivity contribution in [3.63, 3.8) is 0 Å². The number of aliphatic hydroxyl groups excluding tert-OH is 2. The summed E-state index contributed by atoms with van der Waals surface area (Å²) in [4.78, 5) is 12.1. The number of nitrogens with zero attached hydrogens (tertiary/aromatic N) is 1. The lowest BCUT2D eigenvalue weighted by Crippen LogP contribution is -2.29. The van der Waals surface area contributed by atoms with Gasteiger partial charge in [-0.05, 0) is 42.8 Å². The largest absolute Gasteiger partial charge is 0.496 e. The summed E-state index contributed by atoms with van der Waals surface area (Å²) in [5.74, 6) is 0.773. The molecule has 2 aromatic carbocycles. The standard InChI is InChI=1S/C11H16N2O3.C10H15NO2/c14-7-5-13(6-8-15)11-3-1-10(2-4-11)12-9-16;1-7-4-5-8(10(11)13-3)9(6-7)12-2/h1-4,9,14-15H,5-8H2,(H,12,16);4-6,10H,11H2,1-3H3. The zero-order valence-corrected chi connectivity index (χ0v) is 17.2. The van der Waals surface area contributed by atoms with Crippen molar-refractivity contribution < 1.29 is 24.5 Å². The van der Waals surface area contributed by atoms with E-state index in [0.29, 0.717) is 25.2 Å². The molecule has 0 saturated carbocycles. The Labute approximate surface area is 171 Å². The molecule has 2 aromatic rings. The molecule has 5 N–H and O–H groups in total. The van der Waals surface area contributed by atoms with Crippen molar-refractivity contribution in [1.29, 1.82) is 0 Å². The maximum atomic E-state index is 10.2. The number of amides is 1. The van der Waals surface area contributed by atoms with Crippen LogP contribution in [0, 0.1) is 6.92 Å². The van der Waals surface area contributed by atoms with E-state index in [1.165, 1.54) is 0 Å². The molecule has 0 aromatic heterocycles. The lowest BCUT2D eigenvalue weighted by molar-refractivity contribution is -0.105. The van der Waals surface area contributed by atoms with Crippen LogP contribution in [0.2, 0.25) is 0 Å². The van der Waals surface area contributed by atoms with E-state index in [1.54, 1.807) is 26.4 Å². The second-order valence-electron chi connectivity index (χ2n) is 6.15. The van der Waals surface area contributed by atoms with Gasteiger partial charge in [-0.15, -0.1) is 0 Å². The van der Waals surface area contributed by atoms with Gasteiger partial charge in [0.05, 0.1) is 20.3 Å². The average molecular weight is 405 g/mol. The summed E-state index contributed by atoms with van der Waals surface area (Å²) in [7, 11) is 3.20. The van der Waals surface area contributed by atoms with Gasteiger partial charge in [-0.1, -0.05) is 12.1 Å². The fourth-order valence-corrected chi connectivity index (χ4v) is 2.63. The number of hydrogen-bond acceptors (Lipinski definition) is 7. The number of nitrogens with two attached hydrogens (primary N) is 1. The molecule has 2 rings (SSSR count). The first-order valence-corrected chi connectivity index (χ1v) is 9.20. The summed E-state index contributed by atoms with van der Waals surface area (Å²) in [5, 5.41) is 20.3. The van der Waals surface area contributed by atoms with Crippen LogP contribution >= 0.6 is 0 Å². The van der Waals surface area contributed by atoms with Gasteiger partial charge < -0.3 is 35.6 Å². The average Bonchev–Trinajstić information content (AvgIpc) is 2.74. The maximum absolute atomic E-state index is 10.2. The first kappa shape index (κ1) is 24.4. The lowest BCUT2D eigenvalue weighted by atomic mass is 10.1. The normalized spacial score (nSPS) is 11.1. The molecule has 0 aliphatic carbocycles. The molecule has 1 unspecified atom stereocenters. The number of hydrogen-bond donors (Lipinski definition) is 4. The van der Waals surface area contributed by atoms with Crippen LogP contribution in [0.5, 0.6) is 5.75 Å². The number of rotatable bonds is 10. The van der Waals surface area contributed by atoms with Crippen molar-refractivity contribution in [1.82, 2.24) is 0 Å². The lowest BCUT2D eigenvalue weighted by Gasteiger charge is -2.22. The molecule has 160 valence electrons. The van der Waals surface area contributed by atoms with E-state index in [2.05, 4.69) is 5.32 Å². The minimum Gasteiger partial charge on any atom is -0.496 e. The van der Waals surface area contributed by atoms with Crippen LogP contribution in [-0.2, 0) is 9.53 Å². The van der Waals surface area contributed by atoms with E-state index >= 15 is 0 Å². The third-order valence-corrected chi connectivity index (χ3v) is 4.15. The molecule has 1 amide bonds. The molecule has 0 fully saturated rings. The SMILES string of the molecule is COc1cc(C)ccc1C(N)OC.O=CNc1ccc(N(CCO)CCO)cc1. The molecular weight excluding hydrogens is 374 g/mol. The van der Waals surface area contributed by atoms with E-state index in [4.69, 9.17) is 25.4 Å². The zero-order chi connectivity index (χ0) is 21.6. The Morgan fingerprint density at radius 2 is 1.72 bits per heavy atom. The first-order chi connectivity index (χ1) is 14.0. The minimum atomic E-state index is -0.421. The van der Waals surface area contributed by atoms with Crippen LogP contribution in [0.3, 0.4) is 0 Å². The number of carbonyl (C=O) groups is 1. The monoisotopic (exact) mass is 405 g/mol. The van der Waals surface area contributed by atoms with Crippen LogP contribution in [0.25, 0.3) is 0 Å². The van der Waals surface area contributed by atoms with Crippen LogP contribution in [0.15, 0.2) is 42.5 Å². The Hall–Kier alpha value is -2.65. The highest BCUT2D eigenvalue weighted by Gasteiger charge is 2.10. The smallest absolute Gasteiger partial charge is 0.211 e. The van der Waals surface area contributed by atoms with Crippen molar-refractivity contribution in [2.24, 2.45) is 5.73 Å². The summed E-state index contributed by atoms with van der Waals surface area (Å²) in [5.41, 5.74) is 9.35. The topological polar surface area (TPSA) is 117 Å². The molecule has 29 heavy (non-hydrogen) atoms. The van der Waals surface area contributed by atoms with Gasteiger partial charge in [0.2, 0.25) is 6.41 Å². The quantitative estimate of drug-likeness (QED) is 0.351. The Kier molecular flexibility index (Phi) is 11.4. The highest BCUT2D eigenvalue weighted by atomic mass is 16.5. The highest BCUT2D eigenvalue weighted by molar-refractivity contribution is 5.72. The van der Waals surface area contributed by atoms with Crippen molar-refractivity contribution in [2.75, 3.05) is 50.7 Å². The first-order valence-electron chi connectivity index (χ1n) is 9.20. The highest BCUT2D eigenvalue weighted by Crippen LogP contribution is 2.25. The Balaban J connectivity index is 0.000000296. The van der Waals surface area contributed by atoms with Crippen molar-refractivity contribution in [3.8, 4) is 5.75 Å². The van der Waals surface area contributed by atoms with E-state index in [1.807, 2.05) is 42.2 Å². The van der Waals surface area contributed by atoms with Crippen molar-refractivity contribution in [3.05, 3.63) is 53.6 Å². The minimum absolute atomic E-state index is 0.0361. The van der Waals surface area contributed by atoms with Crippen molar-refractivity contribution >= 4 is 17.8 Å². The second-order valence-corrected chi connectivity index (χ2v) is 6.15. The van der Waals surface area contributed by atoms with Crippen LogP contribution in [0.1, 0.15) is 17.4 Å². The number of carbonyl (C=O) groups excluding carboxylic acids is 1. The number of aliphatic hydroxyl groups is 2. The molecule has 8 heteroatoms. The number of methoxy groups -OCH3 is 2. The fourth-order valence-electron chi connectivity index (χ4n) is 2.63. The van der Waals surface area contributed by atoms with Gasteiger partial charge in [0.1, 0.15) is 12.0 Å². The molecule has 0 heterocycles. The van der Waals surface area contributed by atoms with Gasteiger partial charge in [0, 0.05) is 37.1 Å². The molecule has 0 spiro atoms. The summed E-state index contributed by atoms with van der Waals surface area (Å²) in [6.07, 6.45) is 0.198. The molecule has 0 radical (unpaired) electrons. The third kappa shape index (κ3) is 8.08. The number of ether oxygens (including phenoxy) is 2. The van der Waals surface area contributed by atoms with Gasteiger partial charge in [-0.2, -0.15) is 0 Å². The van der Waals surface area contributed by atoms with E-state index < -0.39 is 6.23 Å². The Morgan fingerprint density at radius 1 is 1.10 bits per heavy atom. The Bertz CT molecular complexity index is 719. The van der Waals surface area contributed by atoms with Gasteiger partial charge in [-0.25, -0.2) is 0 Å². The molecule has 0 bridgehead atoms. The third-order valence-electron chi connectivity index (χ3n) is 4.15. The van der Waals surface area contributed by atoms with Gasteiger partial charge in [-0.3, -0.25) is 4.79 Å². The van der Waals surface area contributed by atoms with Gasteiger partial charge in [0.15, 0.2) is 0 Å². The number of aryl methyl sites for hydroxylation is 1. The summed E-state index contributed by atoms with van der Waals surface area (Å²) < 4.78 is 10.2. The molecule has 0 saturated heterocycles. The molecule has 0 aliphatic heterocycles. The molecule has 1 atom stereocenters. The predicted octanol–water partition coefficient (Wildman–Crippen LogP) is 1.65. The van der Waals surface area contributed by atoms with E-state index in [-0.39, 0.29) is 13.2 Å². The van der Waals surface area contributed by atoms with Gasteiger partial charge >= 0.3 is 0 Å². The maximum Gasteiger partial charge on any atom is 0.211 e.